The van der Waals surface area contributed by atoms with E-state index >= 15 is 0 Å². The van der Waals surface area contributed by atoms with Gasteiger partial charge in [0.15, 0.2) is 23.3 Å². The molecule has 0 heterocycles. The maximum absolute atomic E-state index is 13.4. The minimum absolute atomic E-state index is 0.118. The predicted octanol–water partition coefficient (Wildman–Crippen LogP) is 4.21. The van der Waals surface area contributed by atoms with E-state index in [1.165, 1.54) is 18.2 Å². The number of hydrogen-bond donors (Lipinski definition) is 2. The summed E-state index contributed by atoms with van der Waals surface area (Å²) in [5.74, 6) is -6.26. The van der Waals surface area contributed by atoms with E-state index in [4.69, 9.17) is 11.6 Å². The van der Waals surface area contributed by atoms with Crippen LogP contribution in [0.5, 0.6) is 5.75 Å². The van der Waals surface area contributed by atoms with Crippen molar-refractivity contribution >= 4 is 17.3 Å². The van der Waals surface area contributed by atoms with Crippen LogP contribution >= 0.6 is 11.6 Å². The number of benzene rings is 2. The first-order valence-electron chi connectivity index (χ1n) is 5.44. The van der Waals surface area contributed by atoms with E-state index in [1.54, 1.807) is 0 Å². The number of nitrogens with one attached hydrogen (secondary N) is 1. The Morgan fingerprint density at radius 1 is 1.00 bits per heavy atom. The number of hydrogen-bond acceptors (Lipinski definition) is 2. The first-order chi connectivity index (χ1) is 9.40. The Balaban J connectivity index is 2.30. The molecule has 0 saturated carbocycles. The molecule has 106 valence electrons. The molecule has 0 unspecified atom stereocenters. The molecule has 0 bridgehead atoms. The highest BCUT2D eigenvalue weighted by atomic mass is 35.5. The third-order valence-corrected chi connectivity index (χ3v) is 2.84. The van der Waals surface area contributed by atoms with Crippen molar-refractivity contribution in [1.82, 2.24) is 0 Å². The van der Waals surface area contributed by atoms with E-state index in [0.717, 1.165) is 0 Å². The van der Waals surface area contributed by atoms with Gasteiger partial charge >= 0.3 is 0 Å². The lowest BCUT2D eigenvalue weighted by Gasteiger charge is -2.11. The molecule has 0 radical (unpaired) electrons. The molecule has 2 aromatic rings. The van der Waals surface area contributed by atoms with E-state index in [0.29, 0.717) is 5.02 Å². The number of anilines is 1. The molecule has 0 spiro atoms. The van der Waals surface area contributed by atoms with Crippen LogP contribution in [0, 0.1) is 23.3 Å². The Bertz CT molecular complexity index is 637. The summed E-state index contributed by atoms with van der Waals surface area (Å²) in [6, 6.07) is 4.18. The molecule has 2 aromatic carbocycles. The second-order valence-electron chi connectivity index (χ2n) is 3.97. The van der Waals surface area contributed by atoms with Crippen molar-refractivity contribution in [3.63, 3.8) is 0 Å². The van der Waals surface area contributed by atoms with Crippen LogP contribution in [-0.4, -0.2) is 5.11 Å². The fourth-order valence-corrected chi connectivity index (χ4v) is 1.80. The van der Waals surface area contributed by atoms with Crippen molar-refractivity contribution in [2.75, 3.05) is 5.32 Å². The van der Waals surface area contributed by atoms with Crippen LogP contribution in [0.2, 0.25) is 5.02 Å². The van der Waals surface area contributed by atoms with Crippen molar-refractivity contribution in [2.24, 2.45) is 0 Å². The average Bonchev–Trinajstić information content (AvgIpc) is 2.40. The molecule has 0 aliphatic rings. The van der Waals surface area contributed by atoms with E-state index in [9.17, 15) is 22.7 Å². The van der Waals surface area contributed by atoms with Gasteiger partial charge in [-0.25, -0.2) is 17.6 Å². The lowest BCUT2D eigenvalue weighted by molar-refractivity contribution is 0.457. The zero-order chi connectivity index (χ0) is 14.9. The molecule has 0 aromatic heterocycles. The normalized spacial score (nSPS) is 10.7. The minimum atomic E-state index is -1.54. The van der Waals surface area contributed by atoms with Crippen molar-refractivity contribution < 1.29 is 22.7 Å². The van der Waals surface area contributed by atoms with Crippen LogP contribution in [0.15, 0.2) is 24.3 Å². The first kappa shape index (κ1) is 14.5. The van der Waals surface area contributed by atoms with Crippen molar-refractivity contribution in [3.8, 4) is 5.75 Å². The summed E-state index contributed by atoms with van der Waals surface area (Å²) in [5, 5.41) is 12.0. The second kappa shape index (κ2) is 5.58. The monoisotopic (exact) mass is 305 g/mol. The predicted molar refractivity (Wildman–Crippen MR) is 66.7 cm³/mol. The van der Waals surface area contributed by atoms with Gasteiger partial charge in [0.1, 0.15) is 11.4 Å². The SMILES string of the molecule is Oc1ccc(Cl)cc1CNc1c(F)c(F)cc(F)c1F. The number of phenolic OH excluding ortho intramolecular Hbond substituents is 1. The summed E-state index contributed by atoms with van der Waals surface area (Å²) in [5.41, 5.74) is -0.720. The number of aromatic hydroxyl groups is 1. The molecular weight excluding hydrogens is 298 g/mol. The quantitative estimate of drug-likeness (QED) is 0.657. The molecule has 0 fully saturated rings. The maximum Gasteiger partial charge on any atom is 0.185 e. The van der Waals surface area contributed by atoms with Crippen LogP contribution in [0.25, 0.3) is 0 Å². The van der Waals surface area contributed by atoms with Gasteiger partial charge in [-0.3, -0.25) is 0 Å². The van der Waals surface area contributed by atoms with Crippen molar-refractivity contribution in [1.29, 1.82) is 0 Å². The summed E-state index contributed by atoms with van der Waals surface area (Å²) in [6.07, 6.45) is 0. The standard InChI is InChI=1S/C13H8ClF4NO/c14-7-1-2-10(20)6(3-7)5-19-13-11(17)8(15)4-9(16)12(13)18/h1-4,19-20H,5H2. The molecule has 0 saturated heterocycles. The molecule has 0 aliphatic heterocycles. The van der Waals surface area contributed by atoms with Crippen molar-refractivity contribution in [2.45, 2.75) is 6.54 Å². The smallest absolute Gasteiger partial charge is 0.185 e. The lowest BCUT2D eigenvalue weighted by atomic mass is 10.2. The summed E-state index contributed by atoms with van der Waals surface area (Å²) >= 11 is 5.70. The highest BCUT2D eigenvalue weighted by molar-refractivity contribution is 6.30. The Morgan fingerprint density at radius 3 is 2.20 bits per heavy atom. The number of halogens is 5. The zero-order valence-electron chi connectivity index (χ0n) is 9.85. The maximum atomic E-state index is 13.4. The molecule has 7 heteroatoms. The summed E-state index contributed by atoms with van der Waals surface area (Å²) in [7, 11) is 0. The zero-order valence-corrected chi connectivity index (χ0v) is 10.6. The van der Waals surface area contributed by atoms with Crippen molar-refractivity contribution in [3.05, 3.63) is 58.1 Å². The van der Waals surface area contributed by atoms with E-state index in [2.05, 4.69) is 5.32 Å². The van der Waals surface area contributed by atoms with Gasteiger partial charge in [-0.05, 0) is 18.2 Å². The third-order valence-electron chi connectivity index (χ3n) is 2.61. The van der Waals surface area contributed by atoms with Gasteiger partial charge in [0.25, 0.3) is 0 Å². The van der Waals surface area contributed by atoms with Gasteiger partial charge in [-0.1, -0.05) is 11.6 Å². The summed E-state index contributed by atoms with van der Waals surface area (Å²) < 4.78 is 52.8. The van der Waals surface area contributed by atoms with Gasteiger partial charge in [-0.15, -0.1) is 0 Å². The molecule has 2 rings (SSSR count). The molecule has 0 amide bonds. The van der Waals surface area contributed by atoms with E-state index in [-0.39, 0.29) is 23.9 Å². The van der Waals surface area contributed by atoms with Gasteiger partial charge in [0.05, 0.1) is 0 Å². The number of rotatable bonds is 3. The largest absolute Gasteiger partial charge is 0.508 e. The van der Waals surface area contributed by atoms with Gasteiger partial charge in [0.2, 0.25) is 0 Å². The second-order valence-corrected chi connectivity index (χ2v) is 4.41. The van der Waals surface area contributed by atoms with Crippen LogP contribution < -0.4 is 5.32 Å². The topological polar surface area (TPSA) is 32.3 Å². The van der Waals surface area contributed by atoms with Crippen LogP contribution in [0.1, 0.15) is 5.56 Å². The molecule has 2 nitrogen and oxygen atoms in total. The highest BCUT2D eigenvalue weighted by Crippen LogP contribution is 2.27. The summed E-state index contributed by atoms with van der Waals surface area (Å²) in [4.78, 5) is 0. The van der Waals surface area contributed by atoms with Gasteiger partial charge < -0.3 is 10.4 Å². The summed E-state index contributed by atoms with van der Waals surface area (Å²) in [6.45, 7) is -0.261. The van der Waals surface area contributed by atoms with Crippen LogP contribution in [0.4, 0.5) is 23.2 Å². The van der Waals surface area contributed by atoms with E-state index < -0.39 is 29.0 Å². The fourth-order valence-electron chi connectivity index (χ4n) is 1.61. The molecule has 2 N–H and O–H groups in total. The molecular formula is C13H8ClF4NO. The lowest BCUT2D eigenvalue weighted by Crippen LogP contribution is -2.07. The Labute approximate surface area is 116 Å². The Hall–Kier alpha value is -1.95. The molecule has 20 heavy (non-hydrogen) atoms. The Kier molecular flexibility index (Phi) is 4.04. The fraction of sp³-hybridized carbons (Fsp3) is 0.0769. The average molecular weight is 306 g/mol. The Morgan fingerprint density at radius 2 is 1.60 bits per heavy atom. The molecule has 0 aliphatic carbocycles. The molecule has 0 atom stereocenters. The van der Waals surface area contributed by atoms with Crippen LogP contribution in [0.3, 0.4) is 0 Å². The first-order valence-corrected chi connectivity index (χ1v) is 5.82. The highest BCUT2D eigenvalue weighted by Gasteiger charge is 2.19. The minimum Gasteiger partial charge on any atom is -0.508 e. The number of phenols is 1. The van der Waals surface area contributed by atoms with Gasteiger partial charge in [-0.2, -0.15) is 0 Å². The third kappa shape index (κ3) is 2.80. The van der Waals surface area contributed by atoms with Crippen LogP contribution in [-0.2, 0) is 6.54 Å². The van der Waals surface area contributed by atoms with E-state index in [1.807, 2.05) is 0 Å². The van der Waals surface area contributed by atoms with Gasteiger partial charge in [0, 0.05) is 23.2 Å².